The molecule has 0 spiro atoms. The van der Waals surface area contributed by atoms with E-state index < -0.39 is 57.5 Å². The Morgan fingerprint density at radius 2 is 1.24 bits per heavy atom. The lowest BCUT2D eigenvalue weighted by Gasteiger charge is -2.17. The number of aromatic carboxylic acids is 2. The van der Waals surface area contributed by atoms with Crippen LogP contribution in [0, 0.1) is 0 Å². The van der Waals surface area contributed by atoms with Crippen LogP contribution in [0.3, 0.4) is 0 Å². The average molecular weight is 470 g/mol. The van der Waals surface area contributed by atoms with Gasteiger partial charge in [0.05, 0.1) is 35.5 Å². The van der Waals surface area contributed by atoms with Gasteiger partial charge in [0.25, 0.3) is 0 Å². The molecule has 9 heteroatoms. The molecule has 9 nitrogen and oxygen atoms in total. The molecule has 0 bridgehead atoms. The Morgan fingerprint density at radius 3 is 1.71 bits per heavy atom. The minimum atomic E-state index is -1.76. The molecule has 0 aliphatic heterocycles. The molecule has 0 aromatic heterocycles. The van der Waals surface area contributed by atoms with E-state index in [1.165, 1.54) is 12.1 Å². The molecule has 0 aliphatic rings. The topological polar surface area (TPSA) is 144 Å². The van der Waals surface area contributed by atoms with Crippen LogP contribution >= 0.6 is 0 Å². The molecule has 0 amide bonds. The van der Waals surface area contributed by atoms with Crippen molar-refractivity contribution in [1.82, 2.24) is 0 Å². The van der Waals surface area contributed by atoms with Crippen molar-refractivity contribution < 1.29 is 43.7 Å². The summed E-state index contributed by atoms with van der Waals surface area (Å²) in [6.45, 7) is 3.58. The maximum Gasteiger partial charge on any atom is 0.339 e. The van der Waals surface area contributed by atoms with Crippen molar-refractivity contribution in [2.45, 2.75) is 39.5 Å². The van der Waals surface area contributed by atoms with Crippen LogP contribution in [0.2, 0.25) is 0 Å². The Balaban J connectivity index is 2.87. The maximum absolute atomic E-state index is 13.3. The number of esters is 2. The van der Waals surface area contributed by atoms with E-state index in [1.54, 1.807) is 18.2 Å². The summed E-state index contributed by atoms with van der Waals surface area (Å²) in [4.78, 5) is 63.3. The lowest BCUT2D eigenvalue weighted by Crippen LogP contribution is -2.25. The highest BCUT2D eigenvalue weighted by Gasteiger charge is 2.36. The Kier molecular flexibility index (Phi) is 9.49. The van der Waals surface area contributed by atoms with Crippen LogP contribution in [-0.2, 0) is 9.47 Å². The van der Waals surface area contributed by atoms with Crippen molar-refractivity contribution in [1.29, 1.82) is 0 Å². The number of carbonyl (C=O) groups excluding carboxylic acids is 3. The first-order valence-electron chi connectivity index (χ1n) is 10.9. The first kappa shape index (κ1) is 26.2. The first-order valence-corrected chi connectivity index (χ1v) is 10.9. The molecule has 34 heavy (non-hydrogen) atoms. The van der Waals surface area contributed by atoms with Gasteiger partial charge in [-0.15, -0.1) is 0 Å². The molecule has 2 aromatic carbocycles. The minimum Gasteiger partial charge on any atom is -0.478 e. The first-order chi connectivity index (χ1) is 16.2. The van der Waals surface area contributed by atoms with Gasteiger partial charge in [0, 0.05) is 11.1 Å². The third-order valence-electron chi connectivity index (χ3n) is 4.92. The van der Waals surface area contributed by atoms with E-state index in [0.717, 1.165) is 6.07 Å². The molecule has 0 saturated carbocycles. The Labute approximate surface area is 196 Å². The van der Waals surface area contributed by atoms with Crippen LogP contribution in [0.15, 0.2) is 36.4 Å². The van der Waals surface area contributed by atoms with E-state index in [2.05, 4.69) is 0 Å². The van der Waals surface area contributed by atoms with Crippen LogP contribution in [0.4, 0.5) is 0 Å². The molecule has 2 aromatic rings. The summed E-state index contributed by atoms with van der Waals surface area (Å²) in [5.41, 5.74) is -3.56. The van der Waals surface area contributed by atoms with Gasteiger partial charge in [-0.2, -0.15) is 0 Å². The lowest BCUT2D eigenvalue weighted by atomic mass is 9.87. The molecular formula is C25H26O9. The number of unbranched alkanes of at least 4 members (excludes halogenated alkanes) is 2. The summed E-state index contributed by atoms with van der Waals surface area (Å²) < 4.78 is 10.3. The van der Waals surface area contributed by atoms with Gasteiger partial charge in [0.1, 0.15) is 0 Å². The van der Waals surface area contributed by atoms with E-state index in [9.17, 15) is 34.2 Å². The molecule has 180 valence electrons. The number of carboxylic acids is 2. The number of ketones is 1. The summed E-state index contributed by atoms with van der Waals surface area (Å²) >= 11 is 0. The summed E-state index contributed by atoms with van der Waals surface area (Å²) in [5, 5.41) is 19.4. The predicted octanol–water partition coefficient (Wildman–Crippen LogP) is 4.23. The zero-order valence-corrected chi connectivity index (χ0v) is 19.0. The highest BCUT2D eigenvalue weighted by atomic mass is 16.5. The fourth-order valence-electron chi connectivity index (χ4n) is 3.18. The SMILES string of the molecule is CCCCOC(=O)c1c(C(=O)c2ccccc2)cc(C(=O)O)c(C(=O)O)c1C(=O)OCCCC. The van der Waals surface area contributed by atoms with Crippen molar-refractivity contribution in [3.63, 3.8) is 0 Å². The second-order valence-corrected chi connectivity index (χ2v) is 7.38. The molecule has 0 aliphatic carbocycles. The highest BCUT2D eigenvalue weighted by molar-refractivity contribution is 6.22. The van der Waals surface area contributed by atoms with E-state index in [0.29, 0.717) is 25.7 Å². The molecule has 0 radical (unpaired) electrons. The highest BCUT2D eigenvalue weighted by Crippen LogP contribution is 2.28. The smallest absolute Gasteiger partial charge is 0.339 e. The van der Waals surface area contributed by atoms with Crippen molar-refractivity contribution in [2.24, 2.45) is 0 Å². The molecule has 0 saturated heterocycles. The van der Waals surface area contributed by atoms with E-state index in [1.807, 2.05) is 13.8 Å². The largest absolute Gasteiger partial charge is 0.478 e. The molecule has 2 rings (SSSR count). The van der Waals surface area contributed by atoms with Gasteiger partial charge < -0.3 is 19.7 Å². The number of carboxylic acid groups (broad SMARTS) is 2. The fourth-order valence-corrected chi connectivity index (χ4v) is 3.18. The normalized spacial score (nSPS) is 10.4. The lowest BCUT2D eigenvalue weighted by molar-refractivity contribution is 0.0445. The minimum absolute atomic E-state index is 0.0400. The predicted molar refractivity (Wildman–Crippen MR) is 121 cm³/mol. The van der Waals surface area contributed by atoms with Crippen molar-refractivity contribution >= 4 is 29.7 Å². The second kappa shape index (κ2) is 12.3. The van der Waals surface area contributed by atoms with Crippen molar-refractivity contribution in [3.8, 4) is 0 Å². The molecule has 0 heterocycles. The van der Waals surface area contributed by atoms with E-state index in [4.69, 9.17) is 9.47 Å². The van der Waals surface area contributed by atoms with Gasteiger partial charge in [-0.05, 0) is 18.9 Å². The molecule has 0 unspecified atom stereocenters. The third-order valence-corrected chi connectivity index (χ3v) is 4.92. The van der Waals surface area contributed by atoms with E-state index >= 15 is 0 Å². The van der Waals surface area contributed by atoms with Gasteiger partial charge in [-0.1, -0.05) is 57.0 Å². The van der Waals surface area contributed by atoms with Gasteiger partial charge >= 0.3 is 23.9 Å². The quantitative estimate of drug-likeness (QED) is 0.264. The Bertz CT molecular complexity index is 1090. The van der Waals surface area contributed by atoms with Crippen LogP contribution in [-0.4, -0.2) is 53.1 Å². The number of benzene rings is 2. The molecule has 2 N–H and O–H groups in total. The Hall–Kier alpha value is -4.01. The van der Waals surface area contributed by atoms with Gasteiger partial charge in [0.2, 0.25) is 0 Å². The fraction of sp³-hybridized carbons (Fsp3) is 0.320. The summed E-state index contributed by atoms with van der Waals surface area (Å²) in [6.07, 6.45) is 2.30. The number of ether oxygens (including phenoxy) is 2. The number of hydrogen-bond acceptors (Lipinski definition) is 7. The monoisotopic (exact) mass is 470 g/mol. The van der Waals surface area contributed by atoms with Crippen LogP contribution < -0.4 is 0 Å². The zero-order chi connectivity index (χ0) is 25.3. The van der Waals surface area contributed by atoms with Crippen LogP contribution in [0.5, 0.6) is 0 Å². The summed E-state index contributed by atoms with van der Waals surface area (Å²) in [5.74, 6) is -6.56. The molecule has 0 fully saturated rings. The Morgan fingerprint density at radius 1 is 0.706 bits per heavy atom. The van der Waals surface area contributed by atoms with Gasteiger partial charge in [0.15, 0.2) is 5.78 Å². The number of hydrogen-bond donors (Lipinski definition) is 2. The third kappa shape index (κ3) is 6.06. The van der Waals surface area contributed by atoms with Gasteiger partial charge in [-0.25, -0.2) is 19.2 Å². The standard InChI is InChI=1S/C25H26O9/c1-3-5-12-33-24(31)19-16(21(26)15-10-8-7-9-11-15)14-17(22(27)28)18(23(29)30)20(19)25(32)34-13-6-4-2/h7-11,14H,3-6,12-13H2,1-2H3,(H,27,28)(H,29,30). The number of rotatable bonds is 12. The molecule has 0 atom stereocenters. The van der Waals surface area contributed by atoms with Crippen LogP contribution in [0.1, 0.15) is 96.9 Å². The summed E-state index contributed by atoms with van der Waals surface area (Å²) in [7, 11) is 0. The second-order valence-electron chi connectivity index (χ2n) is 7.38. The summed E-state index contributed by atoms with van der Waals surface area (Å²) in [6, 6.07) is 8.47. The van der Waals surface area contributed by atoms with Crippen molar-refractivity contribution in [3.05, 3.63) is 69.8 Å². The molecular weight excluding hydrogens is 444 g/mol. The zero-order valence-electron chi connectivity index (χ0n) is 19.0. The van der Waals surface area contributed by atoms with Crippen LogP contribution in [0.25, 0.3) is 0 Å². The van der Waals surface area contributed by atoms with E-state index in [-0.39, 0.29) is 18.8 Å². The number of carbonyl (C=O) groups is 5. The van der Waals surface area contributed by atoms with Gasteiger partial charge in [-0.3, -0.25) is 4.79 Å². The average Bonchev–Trinajstić information content (AvgIpc) is 2.82. The maximum atomic E-state index is 13.3. The van der Waals surface area contributed by atoms with Crippen molar-refractivity contribution in [2.75, 3.05) is 13.2 Å².